The van der Waals surface area contributed by atoms with Crippen LogP contribution in [0.15, 0.2) is 41.3 Å². The van der Waals surface area contributed by atoms with Crippen molar-refractivity contribution in [2.45, 2.75) is 31.6 Å². The lowest BCUT2D eigenvalue weighted by Crippen LogP contribution is -2.37. The maximum atomic E-state index is 13.0. The van der Waals surface area contributed by atoms with Crippen LogP contribution in [0.25, 0.3) is 0 Å². The van der Waals surface area contributed by atoms with Crippen LogP contribution in [-0.2, 0) is 10.0 Å². The summed E-state index contributed by atoms with van der Waals surface area (Å²) in [5, 5.41) is 3.42. The zero-order valence-corrected chi connectivity index (χ0v) is 18.0. The van der Waals surface area contributed by atoms with E-state index in [1.54, 1.807) is 18.2 Å². The minimum absolute atomic E-state index is 0.0681. The molecule has 3 rings (SSSR count). The molecular formula is C20H22Cl2N2O3S. The third kappa shape index (κ3) is 4.51. The molecule has 0 aromatic heterocycles. The number of piperidine rings is 1. The molecule has 5 nitrogen and oxygen atoms in total. The molecule has 1 N–H and O–H groups in total. The number of carbonyl (C=O) groups excluding carboxylic acids is 1. The smallest absolute Gasteiger partial charge is 0.257 e. The molecule has 0 spiro atoms. The molecule has 1 amide bonds. The molecule has 1 aliphatic heterocycles. The molecule has 0 unspecified atom stereocenters. The first kappa shape index (κ1) is 21.1. The molecule has 1 aliphatic rings. The maximum Gasteiger partial charge on any atom is 0.257 e. The summed E-state index contributed by atoms with van der Waals surface area (Å²) >= 11 is 12.3. The van der Waals surface area contributed by atoms with Crippen LogP contribution in [0.4, 0.5) is 5.69 Å². The van der Waals surface area contributed by atoms with Gasteiger partial charge in [0.25, 0.3) is 5.91 Å². The number of nitrogens with one attached hydrogen (secondary N) is 1. The Morgan fingerprint density at radius 2 is 1.75 bits per heavy atom. The summed E-state index contributed by atoms with van der Waals surface area (Å²) in [5.74, 6) is 0.0218. The fourth-order valence-electron chi connectivity index (χ4n) is 3.08. The van der Waals surface area contributed by atoms with E-state index >= 15 is 0 Å². The standard InChI is InChI=1S/C20H22Cl2N2O3S/c1-13-7-9-24(10-8-13)28(26,27)16-5-6-18(21)17(12-16)20(25)23-15-4-3-14(2)19(22)11-15/h3-6,11-13H,7-10H2,1-2H3,(H,23,25). The lowest BCUT2D eigenvalue weighted by molar-refractivity contribution is 0.102. The third-order valence-electron chi connectivity index (χ3n) is 4.99. The van der Waals surface area contributed by atoms with Gasteiger partial charge in [-0.15, -0.1) is 0 Å². The molecule has 2 aromatic carbocycles. The molecule has 0 radical (unpaired) electrons. The van der Waals surface area contributed by atoms with E-state index in [9.17, 15) is 13.2 Å². The van der Waals surface area contributed by atoms with Crippen LogP contribution in [0.3, 0.4) is 0 Å². The van der Waals surface area contributed by atoms with Gasteiger partial charge in [-0.2, -0.15) is 4.31 Å². The van der Waals surface area contributed by atoms with Crippen molar-refractivity contribution in [1.29, 1.82) is 0 Å². The highest BCUT2D eigenvalue weighted by atomic mass is 35.5. The number of benzene rings is 2. The Morgan fingerprint density at radius 1 is 1.07 bits per heavy atom. The van der Waals surface area contributed by atoms with Crippen molar-refractivity contribution in [2.75, 3.05) is 18.4 Å². The Bertz CT molecular complexity index is 1000. The number of carbonyl (C=O) groups is 1. The van der Waals surface area contributed by atoms with Gasteiger partial charge in [0, 0.05) is 23.8 Å². The normalized spacial score (nSPS) is 16.1. The highest BCUT2D eigenvalue weighted by molar-refractivity contribution is 7.89. The fraction of sp³-hybridized carbons (Fsp3) is 0.350. The van der Waals surface area contributed by atoms with Gasteiger partial charge < -0.3 is 5.32 Å². The Labute approximate surface area is 175 Å². The monoisotopic (exact) mass is 440 g/mol. The van der Waals surface area contributed by atoms with Crippen molar-refractivity contribution >= 4 is 44.8 Å². The minimum atomic E-state index is -3.67. The summed E-state index contributed by atoms with van der Waals surface area (Å²) in [6.07, 6.45) is 1.66. The van der Waals surface area contributed by atoms with Crippen molar-refractivity contribution in [3.8, 4) is 0 Å². The zero-order chi connectivity index (χ0) is 20.5. The number of sulfonamides is 1. The first-order valence-corrected chi connectivity index (χ1v) is 11.3. The van der Waals surface area contributed by atoms with Crippen LogP contribution in [0, 0.1) is 12.8 Å². The van der Waals surface area contributed by atoms with E-state index in [1.165, 1.54) is 22.5 Å². The predicted octanol–water partition coefficient (Wildman–Crippen LogP) is 4.97. The molecule has 0 aliphatic carbocycles. The second-order valence-electron chi connectivity index (χ2n) is 7.15. The van der Waals surface area contributed by atoms with Crippen LogP contribution in [0.5, 0.6) is 0 Å². The number of halogens is 2. The first-order chi connectivity index (χ1) is 13.2. The lowest BCUT2D eigenvalue weighted by Gasteiger charge is -2.29. The van der Waals surface area contributed by atoms with Crippen LogP contribution < -0.4 is 5.32 Å². The number of rotatable bonds is 4. The van der Waals surface area contributed by atoms with Crippen LogP contribution in [0.1, 0.15) is 35.7 Å². The van der Waals surface area contributed by atoms with Gasteiger partial charge >= 0.3 is 0 Å². The Hall–Kier alpha value is -1.60. The van der Waals surface area contributed by atoms with E-state index in [1.807, 2.05) is 6.92 Å². The van der Waals surface area contributed by atoms with Gasteiger partial charge in [-0.05, 0) is 61.6 Å². The minimum Gasteiger partial charge on any atom is -0.322 e. The van der Waals surface area contributed by atoms with E-state index in [0.717, 1.165) is 18.4 Å². The maximum absolute atomic E-state index is 13.0. The molecule has 8 heteroatoms. The number of aryl methyl sites for hydroxylation is 1. The average Bonchev–Trinajstić information content (AvgIpc) is 2.65. The number of hydrogen-bond donors (Lipinski definition) is 1. The number of hydrogen-bond acceptors (Lipinski definition) is 3. The Kier molecular flexibility index (Phi) is 6.34. The number of nitrogens with zero attached hydrogens (tertiary/aromatic N) is 1. The summed E-state index contributed by atoms with van der Waals surface area (Å²) in [7, 11) is -3.67. The van der Waals surface area contributed by atoms with Crippen LogP contribution >= 0.6 is 23.2 Å². The molecular weight excluding hydrogens is 419 g/mol. The summed E-state index contributed by atoms with van der Waals surface area (Å²) < 4.78 is 27.4. The molecule has 0 atom stereocenters. The molecule has 0 saturated carbocycles. The van der Waals surface area contributed by atoms with Gasteiger partial charge in [0.2, 0.25) is 10.0 Å². The SMILES string of the molecule is Cc1ccc(NC(=O)c2cc(S(=O)(=O)N3CCC(C)CC3)ccc2Cl)cc1Cl. The van der Waals surface area contributed by atoms with Gasteiger partial charge in [0.15, 0.2) is 0 Å². The Balaban J connectivity index is 1.86. The summed E-state index contributed by atoms with van der Waals surface area (Å²) in [4.78, 5) is 12.8. The average molecular weight is 441 g/mol. The highest BCUT2D eigenvalue weighted by Gasteiger charge is 2.29. The van der Waals surface area contributed by atoms with Gasteiger partial charge in [-0.1, -0.05) is 36.2 Å². The van der Waals surface area contributed by atoms with E-state index in [4.69, 9.17) is 23.2 Å². The van der Waals surface area contributed by atoms with Gasteiger partial charge in [-0.25, -0.2) is 8.42 Å². The first-order valence-electron chi connectivity index (χ1n) is 9.05. The van der Waals surface area contributed by atoms with E-state index in [2.05, 4.69) is 12.2 Å². The zero-order valence-electron chi connectivity index (χ0n) is 15.7. The second-order valence-corrected chi connectivity index (χ2v) is 9.90. The van der Waals surface area contributed by atoms with Crippen molar-refractivity contribution in [2.24, 2.45) is 5.92 Å². The molecule has 1 fully saturated rings. The van der Waals surface area contributed by atoms with Gasteiger partial charge in [-0.3, -0.25) is 4.79 Å². The predicted molar refractivity (Wildman–Crippen MR) is 113 cm³/mol. The highest BCUT2D eigenvalue weighted by Crippen LogP contribution is 2.27. The fourth-order valence-corrected chi connectivity index (χ4v) is 4.96. The largest absolute Gasteiger partial charge is 0.322 e. The van der Waals surface area contributed by atoms with Gasteiger partial charge in [0.05, 0.1) is 15.5 Å². The third-order valence-corrected chi connectivity index (χ3v) is 7.62. The summed E-state index contributed by atoms with van der Waals surface area (Å²) in [6, 6.07) is 9.37. The van der Waals surface area contributed by atoms with Crippen molar-refractivity contribution in [3.05, 3.63) is 57.6 Å². The molecule has 150 valence electrons. The van der Waals surface area contributed by atoms with Crippen molar-refractivity contribution in [3.63, 3.8) is 0 Å². The second kappa shape index (κ2) is 8.41. The Morgan fingerprint density at radius 3 is 2.39 bits per heavy atom. The topological polar surface area (TPSA) is 66.5 Å². The summed E-state index contributed by atoms with van der Waals surface area (Å²) in [5.41, 5.74) is 1.50. The molecule has 2 aromatic rings. The quantitative estimate of drug-likeness (QED) is 0.728. The van der Waals surface area contributed by atoms with E-state index in [0.29, 0.717) is 29.7 Å². The van der Waals surface area contributed by atoms with Crippen LogP contribution in [0.2, 0.25) is 10.0 Å². The van der Waals surface area contributed by atoms with E-state index < -0.39 is 15.9 Å². The van der Waals surface area contributed by atoms with Gasteiger partial charge in [0.1, 0.15) is 0 Å². The number of anilines is 1. The number of amides is 1. The van der Waals surface area contributed by atoms with Crippen LogP contribution in [-0.4, -0.2) is 31.7 Å². The summed E-state index contributed by atoms with van der Waals surface area (Å²) in [6.45, 7) is 4.94. The van der Waals surface area contributed by atoms with Crippen molar-refractivity contribution < 1.29 is 13.2 Å². The van der Waals surface area contributed by atoms with E-state index in [-0.39, 0.29) is 15.5 Å². The molecule has 28 heavy (non-hydrogen) atoms. The molecule has 1 heterocycles. The van der Waals surface area contributed by atoms with Crippen molar-refractivity contribution in [1.82, 2.24) is 4.31 Å². The molecule has 1 saturated heterocycles. The lowest BCUT2D eigenvalue weighted by atomic mass is 10.0. The molecule has 0 bridgehead atoms.